The van der Waals surface area contributed by atoms with Gasteiger partial charge in [-0.3, -0.25) is 9.59 Å². The molecule has 0 spiro atoms. The zero-order chi connectivity index (χ0) is 25.1. The summed E-state index contributed by atoms with van der Waals surface area (Å²) >= 11 is 0. The Hall–Kier alpha value is -2.30. The van der Waals surface area contributed by atoms with E-state index in [4.69, 9.17) is 34.4 Å². The fourth-order valence-electron chi connectivity index (χ4n) is 1.40. The van der Waals surface area contributed by atoms with E-state index in [2.05, 4.69) is 18.2 Å². The smallest absolute Gasteiger partial charge is 0.335 e. The molecule has 1 saturated heterocycles. The number of carbonyl (C=O) groups excluding carboxylic acids is 3. The minimum Gasteiger partial charge on any atom is -0.481 e. The number of aliphatic hydroxyl groups is 2. The summed E-state index contributed by atoms with van der Waals surface area (Å²) in [6.45, 7) is 14.6. The average Bonchev–Trinajstić information content (AvgIpc) is 2.70. The van der Waals surface area contributed by atoms with Crippen molar-refractivity contribution in [1.29, 1.82) is 0 Å². The second-order valence-electron chi connectivity index (χ2n) is 5.28. The number of carboxylic acid groups (broad SMARTS) is 1. The first kappa shape index (κ1) is 38.3. The molecule has 180 valence electrons. The van der Waals surface area contributed by atoms with Gasteiger partial charge in [-0.15, -0.1) is 6.58 Å². The van der Waals surface area contributed by atoms with Gasteiger partial charge in [0.1, 0.15) is 12.9 Å². The summed E-state index contributed by atoms with van der Waals surface area (Å²) in [5.41, 5.74) is 1.25. The molecule has 1 rings (SSSR count). The molecule has 0 aromatic rings. The van der Waals surface area contributed by atoms with Crippen molar-refractivity contribution in [3.63, 3.8) is 0 Å². The van der Waals surface area contributed by atoms with Crippen LogP contribution in [-0.4, -0.2) is 79.7 Å². The lowest BCUT2D eigenvalue weighted by Gasteiger charge is -2.27. The largest absolute Gasteiger partial charge is 0.481 e. The van der Waals surface area contributed by atoms with Crippen LogP contribution >= 0.6 is 0 Å². The summed E-state index contributed by atoms with van der Waals surface area (Å²) in [6.07, 6.45) is 1.29. The van der Waals surface area contributed by atoms with Crippen molar-refractivity contribution in [3.05, 3.63) is 12.2 Å². The van der Waals surface area contributed by atoms with E-state index < -0.39 is 18.0 Å². The molecule has 1 unspecified atom stereocenters. The summed E-state index contributed by atoms with van der Waals surface area (Å²) in [4.78, 5) is 38.8. The van der Waals surface area contributed by atoms with Gasteiger partial charge in [-0.2, -0.15) is 0 Å². The molecular formula is C20H40O10. The van der Waals surface area contributed by atoms with E-state index in [0.717, 1.165) is 20.5 Å². The van der Waals surface area contributed by atoms with Crippen molar-refractivity contribution in [1.82, 2.24) is 0 Å². The summed E-state index contributed by atoms with van der Waals surface area (Å²) in [7, 11) is 2.31. The van der Waals surface area contributed by atoms with E-state index in [9.17, 15) is 9.59 Å². The highest BCUT2D eigenvalue weighted by molar-refractivity contribution is 5.74. The predicted molar refractivity (Wildman–Crippen MR) is 113 cm³/mol. The predicted octanol–water partition coefficient (Wildman–Crippen LogP) is 1.76. The SMILES string of the molecule is C=C(C)CC.C=O.CC(=O)O.CCO.CO.COC(=O)C1C[C@H](OC(C)=O)CCO1. The monoisotopic (exact) mass is 440 g/mol. The Morgan fingerprint density at radius 2 is 1.47 bits per heavy atom. The molecule has 10 nitrogen and oxygen atoms in total. The summed E-state index contributed by atoms with van der Waals surface area (Å²) < 4.78 is 14.7. The number of rotatable bonds is 3. The Kier molecular flexibility index (Phi) is 40.1. The van der Waals surface area contributed by atoms with Gasteiger partial charge in [0.05, 0.1) is 13.7 Å². The second-order valence-corrected chi connectivity index (χ2v) is 5.28. The fourth-order valence-corrected chi connectivity index (χ4v) is 1.40. The molecule has 1 heterocycles. The molecular weight excluding hydrogens is 400 g/mol. The maximum Gasteiger partial charge on any atom is 0.335 e. The van der Waals surface area contributed by atoms with Crippen LogP contribution in [0.25, 0.3) is 0 Å². The van der Waals surface area contributed by atoms with Crippen LogP contribution in [0.2, 0.25) is 0 Å². The number of methoxy groups -OCH3 is 1. The Labute approximate surface area is 179 Å². The van der Waals surface area contributed by atoms with Gasteiger partial charge in [0, 0.05) is 40.4 Å². The van der Waals surface area contributed by atoms with Crippen molar-refractivity contribution < 1.29 is 48.7 Å². The van der Waals surface area contributed by atoms with Crippen molar-refractivity contribution in [2.24, 2.45) is 0 Å². The Bertz CT molecular complexity index is 420. The van der Waals surface area contributed by atoms with E-state index in [1.165, 1.54) is 19.6 Å². The van der Waals surface area contributed by atoms with Crippen molar-refractivity contribution in [3.8, 4) is 0 Å². The zero-order valence-corrected chi connectivity index (χ0v) is 19.3. The highest BCUT2D eigenvalue weighted by atomic mass is 16.6. The minimum atomic E-state index is -0.833. The third kappa shape index (κ3) is 40.4. The number of aliphatic hydroxyl groups excluding tert-OH is 2. The highest BCUT2D eigenvalue weighted by Gasteiger charge is 2.30. The first-order valence-electron chi connectivity index (χ1n) is 9.10. The lowest BCUT2D eigenvalue weighted by molar-refractivity contribution is -0.168. The highest BCUT2D eigenvalue weighted by Crippen LogP contribution is 2.17. The normalized spacial score (nSPS) is 15.5. The quantitative estimate of drug-likeness (QED) is 0.436. The molecule has 0 bridgehead atoms. The Morgan fingerprint density at radius 3 is 1.73 bits per heavy atom. The van der Waals surface area contributed by atoms with Crippen LogP contribution in [0.3, 0.4) is 0 Å². The number of carbonyl (C=O) groups is 4. The molecule has 1 aliphatic heterocycles. The standard InChI is InChI=1S/C9H14O5.C5H10.C2H4O2.C2H6O.CH4O.CH2O/c1-6(10)14-7-3-4-13-8(5-7)9(11)12-2;1-4-5(2)3;1-2(3)4;1-2-3;2*1-2/h7-8H,3-5H2,1-2H3;2,4H2,1,3H3;1H3,(H,3,4);3H,2H2,1H3;2H,1H3;1H2/t7-,8?;;;;;/m1...../s1. The lowest BCUT2D eigenvalue weighted by Crippen LogP contribution is -2.37. The second kappa shape index (κ2) is 31.4. The number of carboxylic acids is 1. The van der Waals surface area contributed by atoms with Gasteiger partial charge >= 0.3 is 11.9 Å². The van der Waals surface area contributed by atoms with Crippen LogP contribution in [0.5, 0.6) is 0 Å². The molecule has 1 fully saturated rings. The van der Waals surface area contributed by atoms with Crippen LogP contribution in [0.1, 0.15) is 53.9 Å². The maximum atomic E-state index is 11.1. The summed E-state index contributed by atoms with van der Waals surface area (Å²) in [6, 6.07) is 0. The third-order valence-corrected chi connectivity index (χ3v) is 2.64. The Morgan fingerprint density at radius 1 is 1.10 bits per heavy atom. The van der Waals surface area contributed by atoms with Crippen LogP contribution in [0, 0.1) is 0 Å². The van der Waals surface area contributed by atoms with E-state index in [1.807, 2.05) is 13.7 Å². The average molecular weight is 441 g/mol. The third-order valence-electron chi connectivity index (χ3n) is 2.64. The van der Waals surface area contributed by atoms with Gasteiger partial charge < -0.3 is 34.3 Å². The van der Waals surface area contributed by atoms with Crippen LogP contribution in [0.15, 0.2) is 12.2 Å². The van der Waals surface area contributed by atoms with Crippen molar-refractivity contribution in [2.75, 3.05) is 27.4 Å². The van der Waals surface area contributed by atoms with Crippen LogP contribution in [0.4, 0.5) is 0 Å². The molecule has 2 atom stereocenters. The van der Waals surface area contributed by atoms with Gasteiger partial charge in [-0.05, 0) is 20.3 Å². The molecule has 0 amide bonds. The first-order chi connectivity index (χ1) is 14.0. The van der Waals surface area contributed by atoms with E-state index in [0.29, 0.717) is 19.4 Å². The fraction of sp³-hybridized carbons (Fsp3) is 0.700. The van der Waals surface area contributed by atoms with E-state index >= 15 is 0 Å². The zero-order valence-electron chi connectivity index (χ0n) is 19.3. The van der Waals surface area contributed by atoms with Crippen molar-refractivity contribution >= 4 is 24.7 Å². The summed E-state index contributed by atoms with van der Waals surface area (Å²) in [5, 5.41) is 22.0. The minimum absolute atomic E-state index is 0.231. The van der Waals surface area contributed by atoms with Gasteiger partial charge in [0.15, 0.2) is 6.10 Å². The van der Waals surface area contributed by atoms with Crippen LogP contribution < -0.4 is 0 Å². The first-order valence-corrected chi connectivity index (χ1v) is 9.10. The molecule has 0 aromatic carbocycles. The molecule has 30 heavy (non-hydrogen) atoms. The number of hydrogen-bond donors (Lipinski definition) is 3. The van der Waals surface area contributed by atoms with Crippen molar-refractivity contribution in [2.45, 2.75) is 66.1 Å². The molecule has 1 aliphatic rings. The number of ether oxygens (including phenoxy) is 3. The lowest BCUT2D eigenvalue weighted by atomic mass is 10.1. The molecule has 0 radical (unpaired) electrons. The van der Waals surface area contributed by atoms with Gasteiger partial charge in [-0.25, -0.2) is 4.79 Å². The summed E-state index contributed by atoms with van der Waals surface area (Å²) in [5.74, 6) is -1.58. The molecule has 10 heteroatoms. The number of hydrogen-bond acceptors (Lipinski definition) is 9. The Balaban J connectivity index is -0.000000108. The number of esters is 2. The van der Waals surface area contributed by atoms with E-state index in [1.54, 1.807) is 6.92 Å². The van der Waals surface area contributed by atoms with Gasteiger partial charge in [0.25, 0.3) is 5.97 Å². The molecule has 0 saturated carbocycles. The van der Waals surface area contributed by atoms with Gasteiger partial charge in [-0.1, -0.05) is 12.5 Å². The van der Waals surface area contributed by atoms with E-state index in [-0.39, 0.29) is 18.7 Å². The molecule has 0 aliphatic carbocycles. The number of aliphatic carboxylic acids is 1. The number of allylic oxidation sites excluding steroid dienone is 1. The topological polar surface area (TPSA) is 157 Å². The maximum absolute atomic E-state index is 11.1. The molecule has 3 N–H and O–H groups in total. The van der Waals surface area contributed by atoms with Crippen LogP contribution in [-0.2, 0) is 33.4 Å². The molecule has 0 aromatic heterocycles. The van der Waals surface area contributed by atoms with Gasteiger partial charge in [0.2, 0.25) is 0 Å².